The number of carboxylic acid groups (broad SMARTS) is 1. The molecule has 3 heterocycles. The molecule has 244 valence electrons. The molecule has 45 heavy (non-hydrogen) atoms. The number of aryl methyl sites for hydroxylation is 1. The fraction of sp³-hybridized carbons (Fsp3) is 0.500. The van der Waals surface area contributed by atoms with E-state index in [9.17, 15) is 14.4 Å². The molecule has 0 spiro atoms. The minimum Gasteiger partial charge on any atom is -0.483 e. The summed E-state index contributed by atoms with van der Waals surface area (Å²) in [6.45, 7) is 4.88. The Morgan fingerprint density at radius 1 is 1.20 bits per heavy atom. The number of hydrogen-bond acceptors (Lipinski definition) is 9. The summed E-state index contributed by atoms with van der Waals surface area (Å²) in [6.07, 6.45) is 3.69. The number of aromatic nitrogens is 4. The lowest BCUT2D eigenvalue weighted by atomic mass is 10.0. The zero-order valence-corrected chi connectivity index (χ0v) is 27.2. The quantitative estimate of drug-likeness (QED) is 0.303. The van der Waals surface area contributed by atoms with Crippen LogP contribution in [-0.4, -0.2) is 85.3 Å². The van der Waals surface area contributed by atoms with Crippen LogP contribution < -0.4 is 10.6 Å². The van der Waals surface area contributed by atoms with E-state index in [1.807, 2.05) is 50.4 Å². The second-order valence-electron chi connectivity index (χ2n) is 10.7. The highest BCUT2D eigenvalue weighted by Crippen LogP contribution is 2.25. The van der Waals surface area contributed by atoms with Crippen molar-refractivity contribution >= 4 is 47.6 Å². The highest BCUT2D eigenvalue weighted by atomic mass is 35.5. The van der Waals surface area contributed by atoms with E-state index in [1.54, 1.807) is 27.4 Å². The Bertz CT molecular complexity index is 1400. The Morgan fingerprint density at radius 3 is 2.58 bits per heavy atom. The molecule has 3 amide bonds. The van der Waals surface area contributed by atoms with Crippen molar-refractivity contribution in [2.24, 2.45) is 5.92 Å². The minimum absolute atomic E-state index is 0.0169. The number of amides is 3. The van der Waals surface area contributed by atoms with Crippen LogP contribution in [0, 0.1) is 5.92 Å². The lowest BCUT2D eigenvalue weighted by molar-refractivity contribution is -0.132. The Kier molecular flexibility index (Phi) is 14.3. The number of carbonyl (C=O) groups is 4. The molecule has 0 bridgehead atoms. The van der Waals surface area contributed by atoms with E-state index < -0.39 is 12.1 Å². The third kappa shape index (κ3) is 10.9. The largest absolute Gasteiger partial charge is 0.483 e. The molecular formula is C30H40ClN7O6S. The summed E-state index contributed by atoms with van der Waals surface area (Å²) in [5, 5.41) is 21.7. The number of halogens is 1. The molecule has 0 fully saturated rings. The van der Waals surface area contributed by atoms with Crippen LogP contribution in [0.25, 0.3) is 11.4 Å². The molecule has 0 saturated heterocycles. The standard InChI is InChI=1S/C29H38ClN7O4S.CH2O2/c1-19(2)26-28-33-27(20-8-5-4-6-9-20)34-37(28)16-15-36(25(39)12-11-21-18-23(30)35-41-21)14-7-10-24(38)31-22(13-17-42-3)29(40)32-26;2-1-3/h4-6,8-9,18-19,22,26H,7,10-17H2,1-3H3,(H,31,38)(H,32,40);1H,(H,2,3)/t22-,26?;/m0./s1. The number of thioether (sulfide) groups is 1. The Labute approximate surface area is 271 Å². The van der Waals surface area contributed by atoms with Gasteiger partial charge in [0.15, 0.2) is 16.8 Å². The fourth-order valence-electron chi connectivity index (χ4n) is 4.81. The summed E-state index contributed by atoms with van der Waals surface area (Å²) in [5.74, 6) is 1.85. The van der Waals surface area contributed by atoms with Gasteiger partial charge in [-0.1, -0.05) is 60.9 Å². The average molecular weight is 662 g/mol. The van der Waals surface area contributed by atoms with Crippen molar-refractivity contribution in [3.05, 3.63) is 53.1 Å². The van der Waals surface area contributed by atoms with Gasteiger partial charge in [0, 0.05) is 44.0 Å². The normalized spacial score (nSPS) is 17.8. The predicted octanol–water partition coefficient (Wildman–Crippen LogP) is 3.59. The average Bonchev–Trinajstić information content (AvgIpc) is 3.64. The van der Waals surface area contributed by atoms with Crippen LogP contribution in [0.1, 0.15) is 57.2 Å². The molecule has 3 aromatic rings. The van der Waals surface area contributed by atoms with E-state index >= 15 is 0 Å². The molecule has 0 aliphatic carbocycles. The van der Waals surface area contributed by atoms with Gasteiger partial charge in [0.25, 0.3) is 6.47 Å². The maximum Gasteiger partial charge on any atom is 0.290 e. The zero-order valence-electron chi connectivity index (χ0n) is 25.6. The molecule has 2 aromatic heterocycles. The highest BCUT2D eigenvalue weighted by molar-refractivity contribution is 7.98. The van der Waals surface area contributed by atoms with Gasteiger partial charge >= 0.3 is 0 Å². The smallest absolute Gasteiger partial charge is 0.290 e. The molecule has 4 rings (SSSR count). The van der Waals surface area contributed by atoms with E-state index in [4.69, 9.17) is 36.1 Å². The fourth-order valence-corrected chi connectivity index (χ4v) is 5.44. The maximum absolute atomic E-state index is 13.5. The van der Waals surface area contributed by atoms with Gasteiger partial charge in [-0.2, -0.15) is 16.9 Å². The van der Waals surface area contributed by atoms with Crippen molar-refractivity contribution in [2.75, 3.05) is 25.1 Å². The van der Waals surface area contributed by atoms with E-state index in [2.05, 4.69) is 15.8 Å². The van der Waals surface area contributed by atoms with Crippen molar-refractivity contribution < 1.29 is 28.8 Å². The van der Waals surface area contributed by atoms with Crippen molar-refractivity contribution in [3.8, 4) is 11.4 Å². The Morgan fingerprint density at radius 2 is 1.93 bits per heavy atom. The van der Waals surface area contributed by atoms with Gasteiger partial charge in [-0.05, 0) is 30.8 Å². The molecule has 0 radical (unpaired) electrons. The summed E-state index contributed by atoms with van der Waals surface area (Å²) >= 11 is 7.48. The number of hydrogen-bond donors (Lipinski definition) is 3. The number of carbonyl (C=O) groups excluding carboxylic acids is 3. The first-order chi connectivity index (χ1) is 21.7. The molecule has 1 aromatic carbocycles. The Balaban J connectivity index is 0.00000177. The van der Waals surface area contributed by atoms with Gasteiger partial charge in [0.05, 0.1) is 12.6 Å². The van der Waals surface area contributed by atoms with E-state index in [1.165, 1.54) is 0 Å². The number of benzene rings is 1. The Hall–Kier alpha value is -3.91. The van der Waals surface area contributed by atoms with Crippen LogP contribution in [0.3, 0.4) is 0 Å². The lowest BCUT2D eigenvalue weighted by Crippen LogP contribution is -2.49. The van der Waals surface area contributed by atoms with Crippen molar-refractivity contribution in [1.82, 2.24) is 35.5 Å². The van der Waals surface area contributed by atoms with Crippen LogP contribution in [0.4, 0.5) is 0 Å². The van der Waals surface area contributed by atoms with E-state index in [0.29, 0.717) is 56.3 Å². The minimum atomic E-state index is -0.675. The highest BCUT2D eigenvalue weighted by Gasteiger charge is 2.30. The van der Waals surface area contributed by atoms with Gasteiger partial charge < -0.3 is 25.2 Å². The molecule has 3 N–H and O–H groups in total. The summed E-state index contributed by atoms with van der Waals surface area (Å²) in [4.78, 5) is 54.7. The van der Waals surface area contributed by atoms with Crippen LogP contribution in [-0.2, 0) is 32.1 Å². The molecule has 2 atom stereocenters. The lowest BCUT2D eigenvalue weighted by Gasteiger charge is -2.28. The van der Waals surface area contributed by atoms with Gasteiger partial charge in [0.1, 0.15) is 11.8 Å². The molecule has 1 aliphatic heterocycles. The predicted molar refractivity (Wildman–Crippen MR) is 170 cm³/mol. The number of rotatable bonds is 8. The summed E-state index contributed by atoms with van der Waals surface area (Å²) in [7, 11) is 0. The molecule has 15 heteroatoms. The van der Waals surface area contributed by atoms with Crippen LogP contribution in [0.15, 0.2) is 40.9 Å². The molecule has 0 saturated carbocycles. The summed E-state index contributed by atoms with van der Waals surface area (Å²) in [6, 6.07) is 10.1. The third-order valence-corrected chi connectivity index (χ3v) is 7.94. The van der Waals surface area contributed by atoms with Crippen molar-refractivity contribution in [2.45, 2.75) is 64.6 Å². The maximum atomic E-state index is 13.5. The van der Waals surface area contributed by atoms with Crippen molar-refractivity contribution in [1.29, 1.82) is 0 Å². The second-order valence-corrected chi connectivity index (χ2v) is 12.1. The van der Waals surface area contributed by atoms with Crippen LogP contribution >= 0.6 is 23.4 Å². The first-order valence-electron chi connectivity index (χ1n) is 14.7. The summed E-state index contributed by atoms with van der Waals surface area (Å²) in [5.41, 5.74) is 0.855. The van der Waals surface area contributed by atoms with E-state index in [-0.39, 0.29) is 48.1 Å². The summed E-state index contributed by atoms with van der Waals surface area (Å²) < 4.78 is 6.96. The van der Waals surface area contributed by atoms with Crippen molar-refractivity contribution in [3.63, 3.8) is 0 Å². The first kappa shape index (κ1) is 35.6. The molecule has 1 unspecified atom stereocenters. The van der Waals surface area contributed by atoms with Crippen LogP contribution in [0.5, 0.6) is 0 Å². The number of nitrogens with zero attached hydrogens (tertiary/aromatic N) is 5. The second kappa shape index (κ2) is 18.2. The van der Waals surface area contributed by atoms with Crippen LogP contribution in [0.2, 0.25) is 5.15 Å². The van der Waals surface area contributed by atoms with Gasteiger partial charge in [-0.25, -0.2) is 9.67 Å². The first-order valence-corrected chi connectivity index (χ1v) is 16.5. The zero-order chi connectivity index (χ0) is 32.8. The van der Waals surface area contributed by atoms with E-state index in [0.717, 1.165) is 11.3 Å². The van der Waals surface area contributed by atoms with Gasteiger partial charge in [-0.3, -0.25) is 19.2 Å². The third-order valence-electron chi connectivity index (χ3n) is 7.12. The SMILES string of the molecule is CSCC[C@@H]1NC(=O)CCCN(C(=O)CCc2cc(Cl)no2)CCn2nc(-c3ccccc3)nc2C(C(C)C)NC1=O.O=CO. The molecule has 1 aliphatic rings. The van der Waals surface area contributed by atoms with Gasteiger partial charge in [0.2, 0.25) is 17.7 Å². The molecule has 13 nitrogen and oxygen atoms in total. The number of fused-ring (bicyclic) bond motifs is 1. The number of nitrogens with one attached hydrogen (secondary N) is 2. The van der Waals surface area contributed by atoms with Gasteiger partial charge in [-0.15, -0.1) is 0 Å². The topological polar surface area (TPSA) is 173 Å². The monoisotopic (exact) mass is 661 g/mol. The molecular weight excluding hydrogens is 622 g/mol.